The maximum atomic E-state index is 12.0. The number of methoxy groups -OCH3 is 1. The summed E-state index contributed by atoms with van der Waals surface area (Å²) in [5.74, 6) is 1.33. The van der Waals surface area contributed by atoms with Crippen LogP contribution in [0.3, 0.4) is 0 Å². The lowest BCUT2D eigenvalue weighted by Crippen LogP contribution is -2.24. The summed E-state index contributed by atoms with van der Waals surface area (Å²) in [5, 5.41) is 6.13. The molecule has 0 saturated heterocycles. The second-order valence-corrected chi connectivity index (χ2v) is 5.72. The number of aryl methyl sites for hydroxylation is 1. The normalized spacial score (nSPS) is 10.3. The van der Waals surface area contributed by atoms with Crippen molar-refractivity contribution in [3.63, 3.8) is 0 Å². The Balaban J connectivity index is 1.99. The van der Waals surface area contributed by atoms with Crippen molar-refractivity contribution in [3.05, 3.63) is 47.7 Å². The molecule has 1 amide bonds. The highest BCUT2D eigenvalue weighted by Crippen LogP contribution is 2.27. The second kappa shape index (κ2) is 8.91. The highest BCUT2D eigenvalue weighted by Gasteiger charge is 2.07. The van der Waals surface area contributed by atoms with E-state index in [0.29, 0.717) is 17.9 Å². The van der Waals surface area contributed by atoms with E-state index in [0.717, 1.165) is 36.3 Å². The first-order valence-electron chi connectivity index (χ1n) is 8.30. The summed E-state index contributed by atoms with van der Waals surface area (Å²) in [7, 11) is 1.63. The van der Waals surface area contributed by atoms with Gasteiger partial charge in [0.2, 0.25) is 0 Å². The Morgan fingerprint density at radius 1 is 1.21 bits per heavy atom. The fourth-order valence-corrected chi connectivity index (χ4v) is 2.34. The third-order valence-corrected chi connectivity index (χ3v) is 3.71. The minimum atomic E-state index is -0.0849. The molecule has 2 N–H and O–H groups in total. The van der Waals surface area contributed by atoms with Gasteiger partial charge in [0, 0.05) is 12.7 Å². The summed E-state index contributed by atoms with van der Waals surface area (Å²) >= 11 is 0. The molecule has 0 spiro atoms. The third-order valence-electron chi connectivity index (χ3n) is 3.71. The summed E-state index contributed by atoms with van der Waals surface area (Å²) in [4.78, 5) is 16.3. The molecule has 0 aliphatic carbocycles. The molecule has 0 bridgehead atoms. The number of benzene rings is 1. The Morgan fingerprint density at radius 2 is 2.04 bits per heavy atom. The van der Waals surface area contributed by atoms with Crippen molar-refractivity contribution >= 4 is 17.4 Å². The van der Waals surface area contributed by atoms with E-state index in [9.17, 15) is 4.79 Å². The number of nitrogens with zero attached hydrogens (tertiary/aromatic N) is 1. The summed E-state index contributed by atoms with van der Waals surface area (Å²) in [6, 6.07) is 9.46. The van der Waals surface area contributed by atoms with Gasteiger partial charge in [-0.15, -0.1) is 0 Å². The lowest BCUT2D eigenvalue weighted by atomic mass is 10.2. The van der Waals surface area contributed by atoms with Gasteiger partial charge in [-0.1, -0.05) is 25.8 Å². The number of carbonyl (C=O) groups is 1. The zero-order valence-electron chi connectivity index (χ0n) is 14.6. The molecular formula is C19H25N3O2. The molecule has 24 heavy (non-hydrogen) atoms. The molecule has 5 nitrogen and oxygen atoms in total. The predicted octanol–water partition coefficient (Wildman–Crippen LogP) is 4.06. The molecule has 1 aromatic carbocycles. The Hall–Kier alpha value is -2.56. The van der Waals surface area contributed by atoms with E-state index < -0.39 is 0 Å². The smallest absolute Gasteiger partial charge is 0.252 e. The molecule has 0 fully saturated rings. The first-order chi connectivity index (χ1) is 11.6. The molecule has 1 aromatic heterocycles. The molecule has 128 valence electrons. The predicted molar refractivity (Wildman–Crippen MR) is 97.1 cm³/mol. The van der Waals surface area contributed by atoms with Crippen molar-refractivity contribution in [3.8, 4) is 5.75 Å². The lowest BCUT2D eigenvalue weighted by molar-refractivity contribution is 0.0952. The van der Waals surface area contributed by atoms with Crippen molar-refractivity contribution in [2.75, 3.05) is 19.0 Å². The monoisotopic (exact) mass is 327 g/mol. The average Bonchev–Trinajstić information content (AvgIpc) is 2.59. The first-order valence-corrected chi connectivity index (χ1v) is 8.30. The minimum Gasteiger partial charge on any atom is -0.495 e. The maximum absolute atomic E-state index is 12.0. The molecule has 0 radical (unpaired) electrons. The van der Waals surface area contributed by atoms with Gasteiger partial charge in [0.15, 0.2) is 0 Å². The molecular weight excluding hydrogens is 302 g/mol. The molecule has 0 aliphatic rings. The number of aromatic nitrogens is 1. The van der Waals surface area contributed by atoms with Gasteiger partial charge >= 0.3 is 0 Å². The lowest BCUT2D eigenvalue weighted by Gasteiger charge is -2.11. The standard InChI is InChI=1S/C19H25N3O2/c1-4-5-6-11-20-19(23)15-8-10-18(21-13-15)22-16-12-14(2)7-9-17(16)24-3/h7-10,12-13H,4-6,11H2,1-3H3,(H,20,23)(H,21,22). The van der Waals surface area contributed by atoms with Gasteiger partial charge in [-0.25, -0.2) is 4.98 Å². The number of pyridine rings is 1. The Bertz CT molecular complexity index is 669. The van der Waals surface area contributed by atoms with Gasteiger partial charge in [-0.3, -0.25) is 4.79 Å². The van der Waals surface area contributed by atoms with Crippen LogP contribution in [0.5, 0.6) is 5.75 Å². The molecule has 0 saturated carbocycles. The van der Waals surface area contributed by atoms with Crippen LogP contribution in [-0.2, 0) is 0 Å². The summed E-state index contributed by atoms with van der Waals surface area (Å²) in [6.07, 6.45) is 4.85. The quantitative estimate of drug-likeness (QED) is 0.718. The molecule has 2 aromatic rings. The summed E-state index contributed by atoms with van der Waals surface area (Å²) in [5.41, 5.74) is 2.54. The molecule has 5 heteroatoms. The number of ether oxygens (including phenoxy) is 1. The number of unbranched alkanes of at least 4 members (excludes halogenated alkanes) is 2. The van der Waals surface area contributed by atoms with E-state index in [1.54, 1.807) is 25.4 Å². The number of nitrogens with one attached hydrogen (secondary N) is 2. The number of hydrogen-bond acceptors (Lipinski definition) is 4. The van der Waals surface area contributed by atoms with E-state index in [1.165, 1.54) is 0 Å². The van der Waals surface area contributed by atoms with Crippen LogP contribution in [0, 0.1) is 6.92 Å². The number of anilines is 2. The molecule has 0 atom stereocenters. The minimum absolute atomic E-state index is 0.0849. The fourth-order valence-electron chi connectivity index (χ4n) is 2.34. The molecule has 0 unspecified atom stereocenters. The number of hydrogen-bond donors (Lipinski definition) is 2. The second-order valence-electron chi connectivity index (χ2n) is 5.72. The van der Waals surface area contributed by atoms with E-state index in [-0.39, 0.29) is 5.91 Å². The van der Waals surface area contributed by atoms with Crippen molar-refractivity contribution in [2.24, 2.45) is 0 Å². The topological polar surface area (TPSA) is 63.2 Å². The average molecular weight is 327 g/mol. The van der Waals surface area contributed by atoms with Gasteiger partial charge in [-0.2, -0.15) is 0 Å². The van der Waals surface area contributed by atoms with Crippen LogP contribution in [0.15, 0.2) is 36.5 Å². The number of carbonyl (C=O) groups excluding carboxylic acids is 1. The zero-order valence-corrected chi connectivity index (χ0v) is 14.6. The van der Waals surface area contributed by atoms with Crippen molar-refractivity contribution < 1.29 is 9.53 Å². The summed E-state index contributed by atoms with van der Waals surface area (Å²) in [6.45, 7) is 4.86. The Labute approximate surface area is 143 Å². The molecule has 2 rings (SSSR count). The number of amides is 1. The van der Waals surface area contributed by atoms with Crippen LogP contribution in [0.25, 0.3) is 0 Å². The van der Waals surface area contributed by atoms with Crippen LogP contribution < -0.4 is 15.4 Å². The van der Waals surface area contributed by atoms with E-state index in [4.69, 9.17) is 4.74 Å². The van der Waals surface area contributed by atoms with Gasteiger partial charge in [0.05, 0.1) is 18.4 Å². The Morgan fingerprint density at radius 3 is 2.71 bits per heavy atom. The van der Waals surface area contributed by atoms with Crippen LogP contribution in [0.2, 0.25) is 0 Å². The van der Waals surface area contributed by atoms with E-state index in [1.807, 2.05) is 25.1 Å². The highest BCUT2D eigenvalue weighted by molar-refractivity contribution is 5.94. The van der Waals surface area contributed by atoms with E-state index >= 15 is 0 Å². The van der Waals surface area contributed by atoms with Gasteiger partial charge in [0.25, 0.3) is 5.91 Å². The summed E-state index contributed by atoms with van der Waals surface area (Å²) < 4.78 is 5.34. The first kappa shape index (κ1) is 17.8. The van der Waals surface area contributed by atoms with Gasteiger partial charge in [0.1, 0.15) is 11.6 Å². The maximum Gasteiger partial charge on any atom is 0.252 e. The third kappa shape index (κ3) is 4.98. The van der Waals surface area contributed by atoms with Crippen LogP contribution in [-0.4, -0.2) is 24.5 Å². The van der Waals surface area contributed by atoms with Crippen LogP contribution >= 0.6 is 0 Å². The van der Waals surface area contributed by atoms with Crippen molar-refractivity contribution in [2.45, 2.75) is 33.1 Å². The zero-order chi connectivity index (χ0) is 17.4. The van der Waals surface area contributed by atoms with E-state index in [2.05, 4.69) is 22.5 Å². The Kier molecular flexibility index (Phi) is 6.61. The SMILES string of the molecule is CCCCCNC(=O)c1ccc(Nc2cc(C)ccc2OC)nc1. The highest BCUT2D eigenvalue weighted by atomic mass is 16.5. The van der Waals surface area contributed by atoms with Crippen molar-refractivity contribution in [1.82, 2.24) is 10.3 Å². The largest absolute Gasteiger partial charge is 0.495 e. The van der Waals surface area contributed by atoms with Crippen LogP contribution in [0.4, 0.5) is 11.5 Å². The molecule has 0 aliphatic heterocycles. The van der Waals surface area contributed by atoms with Gasteiger partial charge < -0.3 is 15.4 Å². The molecule has 1 heterocycles. The van der Waals surface area contributed by atoms with Gasteiger partial charge in [-0.05, 0) is 43.2 Å². The van der Waals surface area contributed by atoms with Crippen molar-refractivity contribution in [1.29, 1.82) is 0 Å². The fraction of sp³-hybridized carbons (Fsp3) is 0.368. The van der Waals surface area contributed by atoms with Crippen LogP contribution in [0.1, 0.15) is 42.1 Å². The number of rotatable bonds is 8.